The van der Waals surface area contributed by atoms with E-state index < -0.39 is 23.5 Å². The van der Waals surface area contributed by atoms with Gasteiger partial charge in [0.15, 0.2) is 5.54 Å². The lowest BCUT2D eigenvalue weighted by molar-refractivity contribution is -0.121. The molecule has 1 saturated heterocycles. The zero-order valence-corrected chi connectivity index (χ0v) is 7.33. The number of primary amides is 1. The fourth-order valence-electron chi connectivity index (χ4n) is 0.873. The van der Waals surface area contributed by atoms with Crippen molar-refractivity contribution in [2.24, 2.45) is 10.8 Å². The van der Waals surface area contributed by atoms with E-state index in [0.29, 0.717) is 0 Å². The zero-order chi connectivity index (χ0) is 10.8. The van der Waals surface area contributed by atoms with Crippen molar-refractivity contribution >= 4 is 24.2 Å². The van der Waals surface area contributed by atoms with Crippen LogP contribution < -0.4 is 21.8 Å². The maximum Gasteiger partial charge on any atom is 0.332 e. The van der Waals surface area contributed by atoms with E-state index in [1.165, 1.54) is 6.92 Å². The van der Waals surface area contributed by atoms with Crippen LogP contribution in [0.25, 0.3) is 0 Å². The Hall–Kier alpha value is -2.12. The molecule has 5 amide bonds. The Bertz CT molecular complexity index is 325. The first-order valence-electron chi connectivity index (χ1n) is 3.67. The number of hydrogen-bond donors (Lipinski definition) is 4. The van der Waals surface area contributed by atoms with Gasteiger partial charge < -0.3 is 11.1 Å². The Kier molecular flexibility index (Phi) is 2.36. The van der Waals surface area contributed by atoms with Crippen LogP contribution in [0.2, 0.25) is 0 Å². The highest BCUT2D eigenvalue weighted by Crippen LogP contribution is 2.05. The fraction of sp³-hybridized carbons (Fsp3) is 0.333. The van der Waals surface area contributed by atoms with E-state index in [2.05, 4.69) is 10.4 Å². The number of nitrogens with zero attached hydrogens (tertiary/aromatic N) is 1. The molecule has 0 bridgehead atoms. The van der Waals surface area contributed by atoms with Gasteiger partial charge in [0.25, 0.3) is 5.91 Å². The number of imide groups is 1. The summed E-state index contributed by atoms with van der Waals surface area (Å²) in [5.41, 5.74) is 5.39. The maximum absolute atomic E-state index is 11.2. The minimum Gasteiger partial charge on any atom is -0.350 e. The van der Waals surface area contributed by atoms with Gasteiger partial charge in [0.1, 0.15) is 0 Å². The fourth-order valence-corrected chi connectivity index (χ4v) is 0.873. The molecule has 1 fully saturated rings. The monoisotopic (exact) mass is 199 g/mol. The molecule has 76 valence electrons. The third-order valence-electron chi connectivity index (χ3n) is 1.57. The minimum atomic E-state index is -1.25. The summed E-state index contributed by atoms with van der Waals surface area (Å²) in [6.45, 7) is 1.43. The summed E-state index contributed by atoms with van der Waals surface area (Å²) < 4.78 is 0. The van der Waals surface area contributed by atoms with Gasteiger partial charge in [-0.15, -0.1) is 0 Å². The van der Waals surface area contributed by atoms with Crippen LogP contribution in [-0.4, -0.2) is 29.7 Å². The van der Waals surface area contributed by atoms with Crippen LogP contribution in [0.3, 0.4) is 0 Å². The highest BCUT2D eigenvalue weighted by atomic mass is 16.2. The number of carbonyl (C=O) groups excluding carboxylic acids is 3. The number of nitrogens with two attached hydrogens (primary N) is 1. The van der Waals surface area contributed by atoms with Crippen molar-refractivity contribution in [3.63, 3.8) is 0 Å². The topological polar surface area (TPSA) is 126 Å². The van der Waals surface area contributed by atoms with Gasteiger partial charge in [0.2, 0.25) is 0 Å². The zero-order valence-electron chi connectivity index (χ0n) is 7.33. The summed E-state index contributed by atoms with van der Waals surface area (Å²) in [4.78, 5) is 32.1. The second-order valence-corrected chi connectivity index (χ2v) is 2.84. The summed E-state index contributed by atoms with van der Waals surface area (Å²) in [6.07, 6.45) is 1.08. The number of hydrazone groups is 1. The van der Waals surface area contributed by atoms with Gasteiger partial charge in [-0.05, 0) is 6.92 Å². The number of rotatable bonds is 2. The van der Waals surface area contributed by atoms with Crippen LogP contribution >= 0.6 is 0 Å². The molecular formula is C6H9N5O3. The summed E-state index contributed by atoms with van der Waals surface area (Å²) in [7, 11) is 0. The predicted octanol–water partition coefficient (Wildman–Crippen LogP) is -1.76. The molecule has 1 atom stereocenters. The first-order valence-corrected chi connectivity index (χ1v) is 3.67. The molecule has 14 heavy (non-hydrogen) atoms. The molecule has 0 spiro atoms. The first kappa shape index (κ1) is 9.96. The molecule has 0 aromatic heterocycles. The quantitative estimate of drug-likeness (QED) is 0.239. The average Bonchev–Trinajstić information content (AvgIpc) is 2.25. The molecule has 1 rings (SSSR count). The Labute approximate surface area is 78.9 Å². The number of nitrogens with one attached hydrogen (secondary N) is 3. The van der Waals surface area contributed by atoms with Crippen LogP contribution in [0.15, 0.2) is 5.10 Å². The van der Waals surface area contributed by atoms with Crippen molar-refractivity contribution in [3.05, 3.63) is 0 Å². The molecule has 5 N–H and O–H groups in total. The summed E-state index contributed by atoms with van der Waals surface area (Å²) in [5.74, 6) is -0.544. The predicted molar refractivity (Wildman–Crippen MR) is 46.3 cm³/mol. The summed E-state index contributed by atoms with van der Waals surface area (Å²) in [5, 5.41) is 7.72. The lowest BCUT2D eigenvalue weighted by Crippen LogP contribution is -2.46. The van der Waals surface area contributed by atoms with E-state index in [0.717, 1.165) is 6.21 Å². The van der Waals surface area contributed by atoms with Gasteiger partial charge in [-0.3, -0.25) is 10.1 Å². The Morgan fingerprint density at radius 3 is 2.71 bits per heavy atom. The van der Waals surface area contributed by atoms with Gasteiger partial charge in [-0.1, -0.05) is 0 Å². The van der Waals surface area contributed by atoms with E-state index in [1.54, 1.807) is 0 Å². The standard InChI is InChI=1S/C6H9N5O3/c1-6(2-8-11-4(7)13)3(12)9-5(14)10-6/h2H,1H3,(H3,7,11,13)(H2,9,10,12,14)/b8-2+. The molecule has 1 heterocycles. The van der Waals surface area contributed by atoms with Crippen molar-refractivity contribution in [1.82, 2.24) is 16.1 Å². The molecule has 0 aliphatic carbocycles. The smallest absolute Gasteiger partial charge is 0.332 e. The number of amides is 5. The van der Waals surface area contributed by atoms with Crippen LogP contribution in [-0.2, 0) is 4.79 Å². The van der Waals surface area contributed by atoms with E-state index in [9.17, 15) is 14.4 Å². The van der Waals surface area contributed by atoms with Crippen LogP contribution in [0, 0.1) is 0 Å². The van der Waals surface area contributed by atoms with Gasteiger partial charge >= 0.3 is 12.1 Å². The molecule has 1 aliphatic heterocycles. The molecule has 0 saturated carbocycles. The highest BCUT2D eigenvalue weighted by Gasteiger charge is 2.40. The molecule has 0 radical (unpaired) electrons. The van der Waals surface area contributed by atoms with Crippen molar-refractivity contribution in [1.29, 1.82) is 0 Å². The Balaban J connectivity index is 2.67. The SMILES string of the molecule is CC1(/C=N/NC(N)=O)NC(=O)NC1=O. The minimum absolute atomic E-state index is 0.544. The molecule has 8 heteroatoms. The Morgan fingerprint density at radius 1 is 1.64 bits per heavy atom. The van der Waals surface area contributed by atoms with Crippen molar-refractivity contribution in [2.45, 2.75) is 12.5 Å². The largest absolute Gasteiger partial charge is 0.350 e. The van der Waals surface area contributed by atoms with Crippen LogP contribution in [0.4, 0.5) is 9.59 Å². The van der Waals surface area contributed by atoms with Crippen molar-refractivity contribution in [3.8, 4) is 0 Å². The second kappa shape index (κ2) is 3.32. The van der Waals surface area contributed by atoms with Gasteiger partial charge in [0, 0.05) is 0 Å². The van der Waals surface area contributed by atoms with Gasteiger partial charge in [0.05, 0.1) is 6.21 Å². The normalized spacial score (nSPS) is 26.1. The number of carbonyl (C=O) groups is 3. The lowest BCUT2D eigenvalue weighted by atomic mass is 10.1. The first-order chi connectivity index (χ1) is 6.44. The summed E-state index contributed by atoms with van der Waals surface area (Å²) >= 11 is 0. The Morgan fingerprint density at radius 2 is 2.29 bits per heavy atom. The third-order valence-corrected chi connectivity index (χ3v) is 1.57. The summed E-state index contributed by atoms with van der Waals surface area (Å²) in [6, 6.07) is -1.46. The maximum atomic E-state index is 11.2. The van der Waals surface area contributed by atoms with Crippen molar-refractivity contribution in [2.75, 3.05) is 0 Å². The van der Waals surface area contributed by atoms with Gasteiger partial charge in [-0.2, -0.15) is 5.10 Å². The van der Waals surface area contributed by atoms with E-state index in [1.807, 2.05) is 10.7 Å². The molecule has 8 nitrogen and oxygen atoms in total. The number of urea groups is 2. The number of hydrogen-bond acceptors (Lipinski definition) is 4. The van der Waals surface area contributed by atoms with Gasteiger partial charge in [-0.25, -0.2) is 15.0 Å². The van der Waals surface area contributed by atoms with Crippen LogP contribution in [0.5, 0.6) is 0 Å². The highest BCUT2D eigenvalue weighted by molar-refractivity contribution is 6.16. The van der Waals surface area contributed by atoms with Crippen molar-refractivity contribution < 1.29 is 14.4 Å². The molecular weight excluding hydrogens is 190 g/mol. The van der Waals surface area contributed by atoms with E-state index in [-0.39, 0.29) is 0 Å². The average molecular weight is 199 g/mol. The lowest BCUT2D eigenvalue weighted by Gasteiger charge is -2.13. The molecule has 0 aromatic carbocycles. The third kappa shape index (κ3) is 1.97. The second-order valence-electron chi connectivity index (χ2n) is 2.84. The van der Waals surface area contributed by atoms with E-state index >= 15 is 0 Å². The van der Waals surface area contributed by atoms with E-state index in [4.69, 9.17) is 5.73 Å². The van der Waals surface area contributed by atoms with Crippen LogP contribution in [0.1, 0.15) is 6.92 Å². The molecule has 1 unspecified atom stereocenters. The molecule has 0 aromatic rings. The molecule has 1 aliphatic rings.